The van der Waals surface area contributed by atoms with Crippen molar-refractivity contribution in [3.8, 4) is 5.75 Å². The summed E-state index contributed by atoms with van der Waals surface area (Å²) in [5.74, 6) is -2.93. The van der Waals surface area contributed by atoms with Crippen LogP contribution in [0.1, 0.15) is 68.8 Å². The summed E-state index contributed by atoms with van der Waals surface area (Å²) < 4.78 is 167. The summed E-state index contributed by atoms with van der Waals surface area (Å²) in [5.41, 5.74) is -4.36. The molecule has 1 saturated heterocycles. The van der Waals surface area contributed by atoms with E-state index in [1.807, 2.05) is 0 Å². The van der Waals surface area contributed by atoms with Crippen LogP contribution >= 0.6 is 0 Å². The molecule has 0 radical (unpaired) electrons. The molecule has 1 amide bonds. The first kappa shape index (κ1) is 5.58. The fourth-order valence-corrected chi connectivity index (χ4v) is 2.22. The molecule has 2 heterocycles. The third kappa shape index (κ3) is 3.75. The Labute approximate surface area is 183 Å². The average Bonchev–Trinajstić information content (AvgIpc) is 2.93. The van der Waals surface area contributed by atoms with Gasteiger partial charge in [0.2, 0.25) is 0 Å². The highest BCUT2D eigenvalue weighted by Gasteiger charge is 2.21. The van der Waals surface area contributed by atoms with Gasteiger partial charge in [-0.25, -0.2) is 0 Å². The van der Waals surface area contributed by atoms with Crippen molar-refractivity contribution in [1.29, 1.82) is 1.43 Å². The number of aromatic hydroxyl groups is 1. The van der Waals surface area contributed by atoms with Crippen LogP contribution in [0.15, 0.2) is 29.0 Å². The molecule has 0 aliphatic carbocycles. The first-order valence-electron chi connectivity index (χ1n) is 17.7. The molecule has 2 N–H and O–H groups in total. The van der Waals surface area contributed by atoms with Crippen molar-refractivity contribution in [3.05, 3.63) is 40.1 Å². The lowest BCUT2D eigenvalue weighted by atomic mass is 10.1. The third-order valence-electron chi connectivity index (χ3n) is 3.39. The number of fused-ring (bicyclic) bond motifs is 1. The maximum atomic E-state index is 13.7. The summed E-state index contributed by atoms with van der Waals surface area (Å²) >= 11 is 0. The van der Waals surface area contributed by atoms with Crippen LogP contribution in [0, 0.1) is 0 Å². The van der Waals surface area contributed by atoms with Gasteiger partial charge in [0, 0.05) is 39.0 Å². The van der Waals surface area contributed by atoms with E-state index in [-0.39, 0.29) is 14.8 Å². The van der Waals surface area contributed by atoms with E-state index < -0.39 is 123 Å². The van der Waals surface area contributed by atoms with Crippen LogP contribution in [0.25, 0.3) is 10.9 Å². The minimum absolute atomic E-state index is 0.0439. The number of benzene rings is 1. The molecule has 1 aliphatic heterocycles. The zero-order valence-corrected chi connectivity index (χ0v) is 13.2. The molecule has 0 spiro atoms. The lowest BCUT2D eigenvalue weighted by Gasteiger charge is -2.26. The Balaban J connectivity index is 2.16. The first-order chi connectivity index (χ1) is 20.9. The maximum Gasteiger partial charge on any atom is 0.293 e. The molecule has 1 fully saturated rings. The SMILES string of the molecule is [2H]Oc1c(C(=O)N([2H])CCCN2C([2H])([2H])C([2H])([2H])C([2H])([2H])C([2H])([2H])C2([2H])[2H])c(=O)n(C([2H])([2H])C([2H])([2H])[2H])c2c([2H])c([2H])c([2H])c([2H])c12. The molecule has 0 unspecified atom stereocenters. The molecule has 0 saturated carbocycles. The topological polar surface area (TPSA) is 74.6 Å². The van der Waals surface area contributed by atoms with Crippen molar-refractivity contribution in [3.63, 3.8) is 0 Å². The van der Waals surface area contributed by atoms with Crippen LogP contribution in [-0.2, 0) is 6.50 Å². The van der Waals surface area contributed by atoms with Gasteiger partial charge in [0.25, 0.3) is 12.9 Å². The molecule has 6 heteroatoms. The number of para-hydroxylation sites is 1. The highest BCUT2D eigenvalue weighted by Crippen LogP contribution is 2.26. The van der Waals surface area contributed by atoms with Gasteiger partial charge in [-0.1, -0.05) is 18.5 Å². The lowest BCUT2D eigenvalue weighted by Crippen LogP contribution is -2.36. The lowest BCUT2D eigenvalue weighted by molar-refractivity contribution is 0.0946. The van der Waals surface area contributed by atoms with Gasteiger partial charge < -0.3 is 19.9 Å². The van der Waals surface area contributed by atoms with Crippen molar-refractivity contribution < 1.29 is 37.4 Å². The van der Waals surface area contributed by atoms with E-state index >= 15 is 0 Å². The molecule has 1 aromatic carbocycles. The molecular formula is C20H27N3O3. The van der Waals surface area contributed by atoms with Gasteiger partial charge >= 0.3 is 0 Å². The zero-order chi connectivity index (χ0) is 36.8. The van der Waals surface area contributed by atoms with E-state index in [1.54, 1.807) is 0 Å². The predicted molar refractivity (Wildman–Crippen MR) is 103 cm³/mol. The molecule has 6 nitrogen and oxygen atoms in total. The number of hydrogen-bond donors (Lipinski definition) is 2. The van der Waals surface area contributed by atoms with E-state index in [0.29, 0.717) is 0 Å². The van der Waals surface area contributed by atoms with Crippen molar-refractivity contribution >= 4 is 16.8 Å². The Kier molecular flexibility index (Phi) is 1.79. The summed E-state index contributed by atoms with van der Waals surface area (Å²) in [6, 6.07) is -4.23. The molecule has 1 aromatic heterocycles. The third-order valence-corrected chi connectivity index (χ3v) is 3.39. The van der Waals surface area contributed by atoms with Crippen LogP contribution in [0.4, 0.5) is 0 Å². The Morgan fingerprint density at radius 2 is 2.27 bits per heavy atom. The standard InChI is InChI=1S/C20H27N3O3/c1-2-23-16-10-5-4-9-15(16)18(24)17(20(23)26)19(25)21-11-8-14-22-12-6-3-7-13-22/h4-5,9-10,24H,2-3,6-8,11-14H2,1H3,(H,21,25)/i1D3,2D2,3D2,4D,5D,6D2,7D2,9D,10D,12D2,13D2/hD2. The van der Waals surface area contributed by atoms with Crippen LogP contribution in [0.3, 0.4) is 0 Å². The Morgan fingerprint density at radius 3 is 3.04 bits per heavy atom. The Hall–Kier alpha value is -2.34. The zero-order valence-electron chi connectivity index (χ0n) is 34.2. The number of nitrogens with zero attached hydrogens (tertiary/aromatic N) is 2. The van der Waals surface area contributed by atoms with E-state index in [9.17, 15) is 9.59 Å². The van der Waals surface area contributed by atoms with Crippen LogP contribution in [0.2, 0.25) is 1.41 Å². The van der Waals surface area contributed by atoms with Gasteiger partial charge in [-0.15, -0.1) is 0 Å². The van der Waals surface area contributed by atoms with Crippen LogP contribution < -0.4 is 10.9 Å². The number of likely N-dealkylation sites (tertiary alicyclic amines) is 1. The van der Waals surface area contributed by atoms with Crippen molar-refractivity contribution in [1.82, 2.24) is 14.8 Å². The number of carbonyl (C=O) groups excluding carboxylic acids is 1. The molecule has 3 rings (SSSR count). The monoisotopic (exact) mass is 378 g/mol. The number of aromatic nitrogens is 1. The maximum absolute atomic E-state index is 13.7. The summed E-state index contributed by atoms with van der Waals surface area (Å²) in [6.45, 7) is -16.3. The normalized spacial score (nSPS) is 37.6. The summed E-state index contributed by atoms with van der Waals surface area (Å²) in [5, 5.41) is 3.36. The summed E-state index contributed by atoms with van der Waals surface area (Å²) in [4.78, 5) is 27.2. The highest BCUT2D eigenvalue weighted by atomic mass is 16.3. The number of nitrogens with one attached hydrogen (secondary N) is 1. The van der Waals surface area contributed by atoms with Gasteiger partial charge in [-0.3, -0.25) is 9.59 Å². The van der Waals surface area contributed by atoms with Crippen LogP contribution in [0.5, 0.6) is 5.75 Å². The largest absolute Gasteiger partial charge is 0.506 e. The van der Waals surface area contributed by atoms with Gasteiger partial charge in [0.05, 0.1) is 11.0 Å². The number of carbonyl (C=O) groups is 1. The Bertz CT molecular complexity index is 1640. The van der Waals surface area contributed by atoms with E-state index in [2.05, 4.69) is 5.11 Å². The minimum Gasteiger partial charge on any atom is -0.506 e. The van der Waals surface area contributed by atoms with Crippen molar-refractivity contribution in [2.24, 2.45) is 0 Å². The number of aryl methyl sites for hydroxylation is 1. The van der Waals surface area contributed by atoms with Crippen LogP contribution in [-0.4, -0.2) is 48.0 Å². The molecule has 140 valence electrons. The average molecular weight is 379 g/mol. The van der Waals surface area contributed by atoms with Gasteiger partial charge in [-0.05, 0) is 57.6 Å². The number of rotatable bonds is 7. The number of hydrogen-bond acceptors (Lipinski definition) is 4. The first-order valence-corrected chi connectivity index (χ1v) is 7.34. The highest BCUT2D eigenvalue weighted by molar-refractivity contribution is 6.02. The van der Waals surface area contributed by atoms with E-state index in [0.717, 1.165) is 0 Å². The molecule has 0 bridgehead atoms. The number of pyridine rings is 1. The fraction of sp³-hybridized carbons (Fsp3) is 0.500. The van der Waals surface area contributed by atoms with Gasteiger partial charge in [0.1, 0.15) is 11.3 Å². The summed E-state index contributed by atoms with van der Waals surface area (Å²) in [6.07, 6.45) is -11.6. The predicted octanol–water partition coefficient (Wildman–Crippen LogP) is 2.33. The Morgan fingerprint density at radius 1 is 1.46 bits per heavy atom. The molecule has 26 heavy (non-hydrogen) atoms. The van der Waals surface area contributed by atoms with Crippen molar-refractivity contribution in [2.75, 3.05) is 26.1 Å². The minimum atomic E-state index is -3.75. The quantitative estimate of drug-likeness (QED) is 0.775. The van der Waals surface area contributed by atoms with Crippen molar-refractivity contribution in [2.45, 2.75) is 38.9 Å². The second kappa shape index (κ2) is 8.36. The fourth-order valence-electron chi connectivity index (χ4n) is 2.22. The van der Waals surface area contributed by atoms with Gasteiger partial charge in [0.15, 0.2) is 1.41 Å². The summed E-state index contributed by atoms with van der Waals surface area (Å²) in [7, 11) is 0. The molecular weight excluding hydrogens is 330 g/mol. The molecule has 1 aliphatic rings. The van der Waals surface area contributed by atoms with E-state index in [1.165, 1.54) is 0 Å². The van der Waals surface area contributed by atoms with Gasteiger partial charge in [-0.2, -0.15) is 0 Å². The smallest absolute Gasteiger partial charge is 0.293 e. The molecule has 0 atom stereocenters. The molecule has 2 aromatic rings. The number of piperidine rings is 1. The van der Waals surface area contributed by atoms with E-state index in [4.69, 9.17) is 28.9 Å². The number of amides is 1. The second-order valence-electron chi connectivity index (χ2n) is 4.97. The second-order valence-corrected chi connectivity index (χ2v) is 4.97.